The molecule has 6 nitrogen and oxygen atoms in total. The maximum absolute atomic E-state index is 12.9. The highest BCUT2D eigenvalue weighted by molar-refractivity contribution is 5.71. The molecule has 0 heterocycles. The van der Waals surface area contributed by atoms with E-state index in [-0.39, 0.29) is 37.5 Å². The first kappa shape index (κ1) is 72.3. The van der Waals surface area contributed by atoms with Gasteiger partial charge >= 0.3 is 17.9 Å². The Hall–Kier alpha value is -3.67. The largest absolute Gasteiger partial charge is 0.462 e. The zero-order chi connectivity index (χ0) is 55.0. The minimum absolute atomic E-state index is 0.101. The van der Waals surface area contributed by atoms with Gasteiger partial charge in [0.25, 0.3) is 0 Å². The summed E-state index contributed by atoms with van der Waals surface area (Å²) in [6, 6.07) is 0. The highest BCUT2D eigenvalue weighted by Crippen LogP contribution is 2.17. The van der Waals surface area contributed by atoms with Crippen LogP contribution in [0.5, 0.6) is 0 Å². The minimum Gasteiger partial charge on any atom is -0.462 e. The van der Waals surface area contributed by atoms with Crippen molar-refractivity contribution in [3.05, 3.63) is 97.2 Å². The zero-order valence-electron chi connectivity index (χ0n) is 50.0. The van der Waals surface area contributed by atoms with E-state index in [0.717, 1.165) is 103 Å². The summed E-state index contributed by atoms with van der Waals surface area (Å²) in [4.78, 5) is 38.2. The van der Waals surface area contributed by atoms with Crippen LogP contribution in [0.25, 0.3) is 0 Å². The number of hydrogen-bond donors (Lipinski definition) is 0. The van der Waals surface area contributed by atoms with Crippen LogP contribution in [0.4, 0.5) is 0 Å². The first-order valence-corrected chi connectivity index (χ1v) is 32.2. The number of allylic oxidation sites excluding steroid dienone is 16. The second-order valence-corrected chi connectivity index (χ2v) is 21.3. The van der Waals surface area contributed by atoms with E-state index in [1.807, 2.05) is 0 Å². The predicted molar refractivity (Wildman–Crippen MR) is 330 cm³/mol. The summed E-state index contributed by atoms with van der Waals surface area (Å²) in [5.41, 5.74) is 0. The molecule has 0 rings (SSSR count). The molecule has 0 aromatic carbocycles. The van der Waals surface area contributed by atoms with Crippen molar-refractivity contribution >= 4 is 17.9 Å². The van der Waals surface area contributed by atoms with E-state index in [1.54, 1.807) is 0 Å². The Labute approximate surface area is 470 Å². The van der Waals surface area contributed by atoms with Gasteiger partial charge < -0.3 is 14.2 Å². The third kappa shape index (κ3) is 61.2. The van der Waals surface area contributed by atoms with Gasteiger partial charge in [-0.3, -0.25) is 14.4 Å². The molecule has 1 unspecified atom stereocenters. The fourth-order valence-electron chi connectivity index (χ4n) is 9.00. The normalized spacial score (nSPS) is 12.7. The number of carbonyl (C=O) groups is 3. The average molecular weight is 1060 g/mol. The van der Waals surface area contributed by atoms with Crippen LogP contribution in [0, 0.1) is 0 Å². The van der Waals surface area contributed by atoms with Gasteiger partial charge in [-0.25, -0.2) is 0 Å². The monoisotopic (exact) mass is 1060 g/mol. The fourth-order valence-corrected chi connectivity index (χ4v) is 9.00. The first-order chi connectivity index (χ1) is 37.5. The summed E-state index contributed by atoms with van der Waals surface area (Å²) in [5, 5.41) is 0. The van der Waals surface area contributed by atoms with E-state index in [0.29, 0.717) is 19.3 Å². The summed E-state index contributed by atoms with van der Waals surface area (Å²) in [5.74, 6) is -0.962. The summed E-state index contributed by atoms with van der Waals surface area (Å²) in [7, 11) is 0. The van der Waals surface area contributed by atoms with E-state index < -0.39 is 6.10 Å². The topological polar surface area (TPSA) is 78.9 Å². The molecule has 6 heteroatoms. The predicted octanol–water partition coefficient (Wildman–Crippen LogP) is 22.0. The van der Waals surface area contributed by atoms with E-state index >= 15 is 0 Å². The first-order valence-electron chi connectivity index (χ1n) is 32.2. The van der Waals surface area contributed by atoms with Crippen molar-refractivity contribution in [2.24, 2.45) is 0 Å². The molecule has 0 saturated heterocycles. The lowest BCUT2D eigenvalue weighted by molar-refractivity contribution is -0.167. The SMILES string of the molecule is CC/C=C\C/C=C\C/C=C\C/C=C\C/C=C\C/C=C\C/C=C\CCCC(=O)OC(COC(=O)CCCCCCC/C=C\CCCC)COC(=O)CCCCCCCCCCCCCCCCCCCCCCCCCC. The van der Waals surface area contributed by atoms with Crippen LogP contribution < -0.4 is 0 Å². The van der Waals surface area contributed by atoms with Gasteiger partial charge in [0, 0.05) is 19.3 Å². The maximum atomic E-state index is 12.9. The van der Waals surface area contributed by atoms with Gasteiger partial charge in [0.15, 0.2) is 6.10 Å². The van der Waals surface area contributed by atoms with E-state index in [9.17, 15) is 14.4 Å². The van der Waals surface area contributed by atoms with Gasteiger partial charge in [0.1, 0.15) is 13.2 Å². The number of carbonyl (C=O) groups excluding carboxylic acids is 3. The van der Waals surface area contributed by atoms with Gasteiger partial charge in [-0.1, -0.05) is 298 Å². The maximum Gasteiger partial charge on any atom is 0.306 e. The van der Waals surface area contributed by atoms with Crippen LogP contribution >= 0.6 is 0 Å². The average Bonchev–Trinajstić information content (AvgIpc) is 3.42. The highest BCUT2D eigenvalue weighted by Gasteiger charge is 2.19. The Balaban J connectivity index is 4.35. The fraction of sp³-hybridized carbons (Fsp3) is 0.729. The Morgan fingerprint density at radius 2 is 0.539 bits per heavy atom. The van der Waals surface area contributed by atoms with Gasteiger partial charge in [0.05, 0.1) is 0 Å². The summed E-state index contributed by atoms with van der Waals surface area (Å²) >= 11 is 0. The van der Waals surface area contributed by atoms with Crippen molar-refractivity contribution < 1.29 is 28.6 Å². The number of unbranched alkanes of at least 4 members (excludes halogenated alkanes) is 31. The van der Waals surface area contributed by atoms with Crippen molar-refractivity contribution in [1.29, 1.82) is 0 Å². The Kier molecular flexibility index (Phi) is 60.8. The van der Waals surface area contributed by atoms with Crippen molar-refractivity contribution in [1.82, 2.24) is 0 Å². The van der Waals surface area contributed by atoms with Gasteiger partial charge in [-0.05, 0) is 89.9 Å². The smallest absolute Gasteiger partial charge is 0.306 e. The lowest BCUT2D eigenvalue weighted by Gasteiger charge is -2.18. The highest BCUT2D eigenvalue weighted by atomic mass is 16.6. The van der Waals surface area contributed by atoms with Crippen LogP contribution in [-0.2, 0) is 28.6 Å². The molecule has 0 saturated carbocycles. The number of ether oxygens (including phenoxy) is 3. The van der Waals surface area contributed by atoms with Gasteiger partial charge in [-0.15, -0.1) is 0 Å². The van der Waals surface area contributed by atoms with Crippen LogP contribution in [0.2, 0.25) is 0 Å². The molecule has 0 aromatic heterocycles. The number of rotatable bonds is 58. The molecule has 0 N–H and O–H groups in total. The summed E-state index contributed by atoms with van der Waals surface area (Å²) in [6.45, 7) is 6.46. The van der Waals surface area contributed by atoms with Gasteiger partial charge in [-0.2, -0.15) is 0 Å². The molecule has 0 aromatic rings. The Morgan fingerprint density at radius 3 is 0.895 bits per heavy atom. The molecule has 0 aliphatic carbocycles. The molecule has 0 spiro atoms. The third-order valence-electron chi connectivity index (χ3n) is 13.8. The molecule has 1 atom stereocenters. The standard InChI is InChI=1S/C70H120O6/c1-4-7-10-13-16-19-22-24-26-28-30-32-34-36-37-39-41-43-45-48-51-54-57-60-63-69(72)75-66-67(65-74-68(71)62-59-56-53-50-47-21-18-15-12-9-6-3)76-70(73)64-61-58-55-52-49-46-44-42-40-38-35-33-31-29-27-25-23-20-17-14-11-8-5-2/h8,11,15,17-18,20,25,27,31,33,38,40,44,46,52,55,67H,4-7,9-10,12-14,16,19,21-24,26,28-30,32,34-37,39,41-43,45,47-51,53-54,56-66H2,1-3H3/b11-8-,18-15-,20-17-,27-25-,33-31-,40-38-,46-44-,55-52-. The number of esters is 3. The third-order valence-corrected chi connectivity index (χ3v) is 13.8. The van der Waals surface area contributed by atoms with Gasteiger partial charge in [0.2, 0.25) is 0 Å². The molecule has 76 heavy (non-hydrogen) atoms. The molecule has 0 aliphatic heterocycles. The van der Waals surface area contributed by atoms with E-state index in [4.69, 9.17) is 14.2 Å². The molecule has 0 bridgehead atoms. The van der Waals surface area contributed by atoms with Crippen LogP contribution in [0.15, 0.2) is 97.2 Å². The van der Waals surface area contributed by atoms with Crippen LogP contribution in [-0.4, -0.2) is 37.2 Å². The van der Waals surface area contributed by atoms with E-state index in [1.165, 1.54) is 161 Å². The molecular formula is C70H120O6. The van der Waals surface area contributed by atoms with Crippen LogP contribution in [0.1, 0.15) is 310 Å². The van der Waals surface area contributed by atoms with Crippen molar-refractivity contribution in [3.63, 3.8) is 0 Å². The molecule has 436 valence electrons. The molecular weight excluding hydrogens is 937 g/mol. The second kappa shape index (κ2) is 63.9. The zero-order valence-corrected chi connectivity index (χ0v) is 50.0. The second-order valence-electron chi connectivity index (χ2n) is 21.3. The molecule has 0 fully saturated rings. The molecule has 0 amide bonds. The Bertz CT molecular complexity index is 1490. The Morgan fingerprint density at radius 1 is 0.276 bits per heavy atom. The van der Waals surface area contributed by atoms with Crippen molar-refractivity contribution in [2.45, 2.75) is 316 Å². The number of hydrogen-bond acceptors (Lipinski definition) is 6. The lowest BCUT2D eigenvalue weighted by atomic mass is 10.0. The lowest BCUT2D eigenvalue weighted by Crippen LogP contribution is -2.30. The van der Waals surface area contributed by atoms with Crippen LogP contribution in [0.3, 0.4) is 0 Å². The van der Waals surface area contributed by atoms with Crippen molar-refractivity contribution in [3.8, 4) is 0 Å². The quantitative estimate of drug-likeness (QED) is 0.0261. The minimum atomic E-state index is -0.811. The van der Waals surface area contributed by atoms with E-state index in [2.05, 4.69) is 118 Å². The summed E-state index contributed by atoms with van der Waals surface area (Å²) < 4.78 is 16.8. The summed E-state index contributed by atoms with van der Waals surface area (Å²) in [6.07, 6.45) is 85.8. The molecule has 0 radical (unpaired) electrons. The van der Waals surface area contributed by atoms with Crippen molar-refractivity contribution in [2.75, 3.05) is 13.2 Å². The molecule has 0 aliphatic rings.